The Balaban J connectivity index is 2.16. The van der Waals surface area contributed by atoms with Gasteiger partial charge in [0.2, 0.25) is 0 Å². The molecule has 1 N–H and O–H groups in total. The Labute approximate surface area is 123 Å². The van der Waals surface area contributed by atoms with Crippen molar-refractivity contribution in [3.63, 3.8) is 0 Å². The second-order valence-corrected chi connectivity index (χ2v) is 4.75. The topological polar surface area (TPSA) is 60.5 Å². The highest BCUT2D eigenvalue weighted by atomic mass is 16.6. The van der Waals surface area contributed by atoms with Gasteiger partial charge in [-0.05, 0) is 38.1 Å². The Morgan fingerprint density at radius 1 is 1.10 bits per heavy atom. The summed E-state index contributed by atoms with van der Waals surface area (Å²) >= 11 is 0. The van der Waals surface area contributed by atoms with Crippen molar-refractivity contribution >= 4 is 11.8 Å². The van der Waals surface area contributed by atoms with Gasteiger partial charge in [-0.15, -0.1) is 0 Å². The van der Waals surface area contributed by atoms with Crippen LogP contribution in [0.25, 0.3) is 0 Å². The minimum atomic E-state index is -0.521. The summed E-state index contributed by atoms with van der Waals surface area (Å²) in [7, 11) is 1.53. The van der Waals surface area contributed by atoms with E-state index < -0.39 is 5.97 Å². The van der Waals surface area contributed by atoms with E-state index in [0.29, 0.717) is 17.3 Å². The zero-order valence-corrected chi connectivity index (χ0v) is 12.3. The molecule has 0 saturated heterocycles. The number of carbonyl (C=O) groups is 1. The van der Waals surface area contributed by atoms with Crippen molar-refractivity contribution in [1.29, 1.82) is 0 Å². The number of nitrogens with one attached hydrogen (secondary N) is 1. The molecule has 0 aliphatic rings. The minimum absolute atomic E-state index is 0.234. The van der Waals surface area contributed by atoms with E-state index in [0.717, 1.165) is 0 Å². The maximum Gasteiger partial charge on any atom is 0.362 e. The number of pyridine rings is 1. The third-order valence-corrected chi connectivity index (χ3v) is 2.67. The zero-order valence-electron chi connectivity index (χ0n) is 12.3. The van der Waals surface area contributed by atoms with E-state index in [1.807, 2.05) is 19.9 Å². The Bertz CT molecular complexity index is 626. The second kappa shape index (κ2) is 6.74. The van der Waals surface area contributed by atoms with Gasteiger partial charge < -0.3 is 14.8 Å². The lowest BCUT2D eigenvalue weighted by Gasteiger charge is -2.11. The molecule has 0 saturated carbocycles. The van der Waals surface area contributed by atoms with Gasteiger partial charge >= 0.3 is 5.97 Å². The summed E-state index contributed by atoms with van der Waals surface area (Å²) in [6, 6.07) is 12.4. The van der Waals surface area contributed by atoms with Crippen LogP contribution >= 0.6 is 0 Å². The first-order valence-corrected chi connectivity index (χ1v) is 6.69. The number of hydrogen-bond donors (Lipinski definition) is 1. The number of benzene rings is 1. The van der Waals surface area contributed by atoms with Crippen LogP contribution in [0.15, 0.2) is 42.5 Å². The van der Waals surface area contributed by atoms with E-state index in [4.69, 9.17) is 9.47 Å². The third-order valence-electron chi connectivity index (χ3n) is 2.67. The fourth-order valence-electron chi connectivity index (χ4n) is 1.78. The number of rotatable bonds is 5. The first kappa shape index (κ1) is 14.8. The molecular weight excluding hydrogens is 268 g/mol. The summed E-state index contributed by atoms with van der Waals surface area (Å²) in [5, 5.41) is 3.14. The molecule has 0 unspecified atom stereocenters. The van der Waals surface area contributed by atoms with Gasteiger partial charge in [0, 0.05) is 6.04 Å². The summed E-state index contributed by atoms with van der Waals surface area (Å²) in [6.45, 7) is 4.00. The molecule has 2 rings (SSSR count). The van der Waals surface area contributed by atoms with Crippen LogP contribution in [0, 0.1) is 0 Å². The van der Waals surface area contributed by atoms with Crippen molar-refractivity contribution in [2.45, 2.75) is 19.9 Å². The van der Waals surface area contributed by atoms with Crippen LogP contribution in [0.4, 0.5) is 5.82 Å². The normalized spacial score (nSPS) is 10.3. The molecule has 1 aromatic carbocycles. The standard InChI is InChI=1S/C16H18N2O3/c1-11(2)17-15-10-6-7-12(18-15)16(19)21-14-9-5-4-8-13(14)20-3/h4-11H,1-3H3,(H,17,18). The summed E-state index contributed by atoms with van der Waals surface area (Å²) in [5.74, 6) is 0.989. The van der Waals surface area contributed by atoms with Crippen molar-refractivity contribution in [3.8, 4) is 11.5 Å². The number of esters is 1. The number of aromatic nitrogens is 1. The van der Waals surface area contributed by atoms with Gasteiger partial charge in [-0.2, -0.15) is 0 Å². The van der Waals surface area contributed by atoms with Gasteiger partial charge in [0.25, 0.3) is 0 Å². The lowest BCUT2D eigenvalue weighted by atomic mass is 10.3. The molecule has 0 fully saturated rings. The fourth-order valence-corrected chi connectivity index (χ4v) is 1.78. The number of methoxy groups -OCH3 is 1. The van der Waals surface area contributed by atoms with E-state index in [1.54, 1.807) is 36.4 Å². The molecule has 0 amide bonds. The van der Waals surface area contributed by atoms with Crippen LogP contribution in [0.2, 0.25) is 0 Å². The molecule has 0 radical (unpaired) electrons. The van der Waals surface area contributed by atoms with Gasteiger partial charge in [0.05, 0.1) is 7.11 Å². The molecule has 110 valence electrons. The predicted octanol–water partition coefficient (Wildman–Crippen LogP) is 3.13. The Hall–Kier alpha value is -2.56. The van der Waals surface area contributed by atoms with E-state index in [2.05, 4.69) is 10.3 Å². The second-order valence-electron chi connectivity index (χ2n) is 4.75. The van der Waals surface area contributed by atoms with Crippen molar-refractivity contribution < 1.29 is 14.3 Å². The van der Waals surface area contributed by atoms with Crippen LogP contribution in [0.1, 0.15) is 24.3 Å². The molecule has 0 bridgehead atoms. The Kier molecular flexibility index (Phi) is 4.77. The number of ether oxygens (including phenoxy) is 2. The summed E-state index contributed by atoms with van der Waals surface area (Å²) in [4.78, 5) is 16.4. The number of nitrogens with zero attached hydrogens (tertiary/aromatic N) is 1. The van der Waals surface area contributed by atoms with Crippen molar-refractivity contribution in [1.82, 2.24) is 4.98 Å². The summed E-state index contributed by atoms with van der Waals surface area (Å²) in [5.41, 5.74) is 0.242. The zero-order chi connectivity index (χ0) is 15.2. The average Bonchev–Trinajstić information content (AvgIpc) is 2.47. The molecular formula is C16H18N2O3. The predicted molar refractivity (Wildman–Crippen MR) is 80.9 cm³/mol. The number of hydrogen-bond acceptors (Lipinski definition) is 5. The van der Waals surface area contributed by atoms with E-state index in [9.17, 15) is 4.79 Å². The quantitative estimate of drug-likeness (QED) is 0.676. The summed E-state index contributed by atoms with van der Waals surface area (Å²) in [6.07, 6.45) is 0. The van der Waals surface area contributed by atoms with Crippen molar-refractivity contribution in [2.75, 3.05) is 12.4 Å². The van der Waals surface area contributed by atoms with Gasteiger partial charge in [-0.25, -0.2) is 9.78 Å². The molecule has 0 aliphatic carbocycles. The molecule has 1 heterocycles. The maximum absolute atomic E-state index is 12.2. The van der Waals surface area contributed by atoms with Crippen molar-refractivity contribution in [2.24, 2.45) is 0 Å². The molecule has 0 spiro atoms. The maximum atomic E-state index is 12.2. The monoisotopic (exact) mass is 286 g/mol. The molecule has 1 aromatic heterocycles. The highest BCUT2D eigenvalue weighted by molar-refractivity contribution is 5.89. The van der Waals surface area contributed by atoms with Crippen LogP contribution in [-0.2, 0) is 0 Å². The Morgan fingerprint density at radius 2 is 1.81 bits per heavy atom. The largest absolute Gasteiger partial charge is 0.493 e. The highest BCUT2D eigenvalue weighted by Crippen LogP contribution is 2.26. The third kappa shape index (κ3) is 3.95. The lowest BCUT2D eigenvalue weighted by molar-refractivity contribution is 0.0723. The first-order chi connectivity index (χ1) is 10.1. The van der Waals surface area contributed by atoms with E-state index >= 15 is 0 Å². The molecule has 0 aliphatic heterocycles. The Morgan fingerprint density at radius 3 is 2.48 bits per heavy atom. The number of carbonyl (C=O) groups excluding carboxylic acids is 1. The smallest absolute Gasteiger partial charge is 0.362 e. The lowest BCUT2D eigenvalue weighted by Crippen LogP contribution is -2.15. The number of anilines is 1. The van der Waals surface area contributed by atoms with Gasteiger partial charge in [0.15, 0.2) is 17.2 Å². The molecule has 5 heteroatoms. The molecule has 0 atom stereocenters. The van der Waals surface area contributed by atoms with Crippen LogP contribution in [-0.4, -0.2) is 24.1 Å². The van der Waals surface area contributed by atoms with Gasteiger partial charge in [-0.1, -0.05) is 18.2 Å². The first-order valence-electron chi connectivity index (χ1n) is 6.69. The number of para-hydroxylation sites is 2. The average molecular weight is 286 g/mol. The van der Waals surface area contributed by atoms with Crippen LogP contribution < -0.4 is 14.8 Å². The molecule has 21 heavy (non-hydrogen) atoms. The highest BCUT2D eigenvalue weighted by Gasteiger charge is 2.13. The van der Waals surface area contributed by atoms with E-state index in [1.165, 1.54) is 7.11 Å². The van der Waals surface area contributed by atoms with Gasteiger partial charge in [-0.3, -0.25) is 0 Å². The SMILES string of the molecule is COc1ccccc1OC(=O)c1cccc(NC(C)C)n1. The van der Waals surface area contributed by atoms with Crippen LogP contribution in [0.5, 0.6) is 11.5 Å². The molecule has 5 nitrogen and oxygen atoms in total. The van der Waals surface area contributed by atoms with Gasteiger partial charge in [0.1, 0.15) is 5.82 Å². The van der Waals surface area contributed by atoms with E-state index in [-0.39, 0.29) is 11.7 Å². The van der Waals surface area contributed by atoms with Crippen molar-refractivity contribution in [3.05, 3.63) is 48.2 Å². The van der Waals surface area contributed by atoms with Crippen LogP contribution in [0.3, 0.4) is 0 Å². The molecule has 2 aromatic rings. The fraction of sp³-hybridized carbons (Fsp3) is 0.250. The summed E-state index contributed by atoms with van der Waals surface area (Å²) < 4.78 is 10.5. The minimum Gasteiger partial charge on any atom is -0.493 e.